The van der Waals surface area contributed by atoms with Gasteiger partial charge < -0.3 is 14.2 Å². The third-order valence-corrected chi connectivity index (χ3v) is 3.41. The van der Waals surface area contributed by atoms with Crippen LogP contribution in [0.25, 0.3) is 0 Å². The highest BCUT2D eigenvalue weighted by molar-refractivity contribution is 5.31. The van der Waals surface area contributed by atoms with Crippen LogP contribution in [0, 0.1) is 5.92 Å². The van der Waals surface area contributed by atoms with Gasteiger partial charge in [0.05, 0.1) is 13.7 Å². The second-order valence-electron chi connectivity index (χ2n) is 4.50. The van der Waals surface area contributed by atoms with Gasteiger partial charge in [0.25, 0.3) is 5.95 Å². The van der Waals surface area contributed by atoms with Gasteiger partial charge in [-0.05, 0) is 31.5 Å². The zero-order valence-electron chi connectivity index (χ0n) is 11.4. The van der Waals surface area contributed by atoms with E-state index in [1.165, 1.54) is 5.57 Å². The molecule has 3 heteroatoms. The summed E-state index contributed by atoms with van der Waals surface area (Å²) in [6, 6.07) is 8.00. The Hall–Kier alpha value is -1.64. The van der Waals surface area contributed by atoms with Crippen LogP contribution >= 0.6 is 0 Å². The summed E-state index contributed by atoms with van der Waals surface area (Å²) in [5, 5.41) is 0. The molecule has 2 unspecified atom stereocenters. The maximum absolute atomic E-state index is 5.90. The number of methoxy groups -OCH3 is 1. The molecule has 0 N–H and O–H groups in total. The molecule has 18 heavy (non-hydrogen) atoms. The van der Waals surface area contributed by atoms with E-state index in [9.17, 15) is 0 Å². The molecule has 0 saturated heterocycles. The van der Waals surface area contributed by atoms with Crippen molar-refractivity contribution in [2.45, 2.75) is 26.9 Å². The minimum absolute atomic E-state index is 0.0393. The van der Waals surface area contributed by atoms with Crippen LogP contribution in [0.2, 0.25) is 0 Å². The van der Waals surface area contributed by atoms with Gasteiger partial charge in [0.1, 0.15) is 11.9 Å². The van der Waals surface area contributed by atoms with Gasteiger partial charge in [0.15, 0.2) is 0 Å². The predicted molar refractivity (Wildman–Crippen MR) is 70.3 cm³/mol. The van der Waals surface area contributed by atoms with Crippen LogP contribution in [0.5, 0.6) is 5.75 Å². The van der Waals surface area contributed by atoms with Crippen molar-refractivity contribution in [3.63, 3.8) is 0 Å². The number of hydrogen-bond acceptors (Lipinski definition) is 3. The summed E-state index contributed by atoms with van der Waals surface area (Å²) in [5.74, 6) is 1.88. The minimum Gasteiger partial charge on any atom is -0.497 e. The number of hydrogen-bond donors (Lipinski definition) is 0. The molecular formula is C15H20O3. The first-order chi connectivity index (χ1) is 8.67. The monoisotopic (exact) mass is 248 g/mol. The molecule has 0 amide bonds. The molecule has 0 aliphatic carbocycles. The van der Waals surface area contributed by atoms with E-state index in [-0.39, 0.29) is 6.10 Å². The van der Waals surface area contributed by atoms with Crippen molar-refractivity contribution in [2.75, 3.05) is 13.7 Å². The summed E-state index contributed by atoms with van der Waals surface area (Å²) < 4.78 is 16.6. The second kappa shape index (κ2) is 5.34. The van der Waals surface area contributed by atoms with E-state index in [1.54, 1.807) is 7.11 Å². The minimum atomic E-state index is 0.0393. The number of benzene rings is 1. The van der Waals surface area contributed by atoms with Crippen LogP contribution in [0.1, 0.15) is 32.4 Å². The first kappa shape index (κ1) is 12.8. The van der Waals surface area contributed by atoms with E-state index in [1.807, 2.05) is 31.2 Å². The largest absolute Gasteiger partial charge is 0.497 e. The Morgan fingerprint density at radius 1 is 1.22 bits per heavy atom. The SMILES string of the molecule is CCOC1=C(C)C(C)C(c2ccc(OC)cc2)O1. The summed E-state index contributed by atoms with van der Waals surface area (Å²) in [4.78, 5) is 0. The predicted octanol–water partition coefficient (Wildman–Crippen LogP) is 3.67. The van der Waals surface area contributed by atoms with Crippen molar-refractivity contribution < 1.29 is 14.2 Å². The molecule has 2 atom stereocenters. The highest BCUT2D eigenvalue weighted by Crippen LogP contribution is 2.41. The van der Waals surface area contributed by atoms with Gasteiger partial charge in [-0.25, -0.2) is 0 Å². The molecule has 3 nitrogen and oxygen atoms in total. The average molecular weight is 248 g/mol. The third-order valence-electron chi connectivity index (χ3n) is 3.41. The summed E-state index contributed by atoms with van der Waals surface area (Å²) in [5.41, 5.74) is 2.33. The van der Waals surface area contributed by atoms with Gasteiger partial charge in [-0.15, -0.1) is 0 Å². The highest BCUT2D eigenvalue weighted by Gasteiger charge is 2.33. The zero-order valence-corrected chi connectivity index (χ0v) is 11.4. The first-order valence-corrected chi connectivity index (χ1v) is 6.31. The Morgan fingerprint density at radius 2 is 1.89 bits per heavy atom. The second-order valence-corrected chi connectivity index (χ2v) is 4.50. The molecule has 1 aliphatic rings. The maximum Gasteiger partial charge on any atom is 0.279 e. The van der Waals surface area contributed by atoms with E-state index >= 15 is 0 Å². The standard InChI is InChI=1S/C15H20O3/c1-5-17-15-11(3)10(2)14(18-15)12-6-8-13(16-4)9-7-12/h6-10,14H,5H2,1-4H3. The van der Waals surface area contributed by atoms with Crippen molar-refractivity contribution >= 4 is 0 Å². The van der Waals surface area contributed by atoms with Crippen LogP contribution in [-0.2, 0) is 9.47 Å². The topological polar surface area (TPSA) is 27.7 Å². The lowest BCUT2D eigenvalue weighted by Gasteiger charge is -2.17. The normalized spacial score (nSPS) is 22.9. The van der Waals surface area contributed by atoms with E-state index in [0.29, 0.717) is 18.5 Å². The van der Waals surface area contributed by atoms with E-state index in [2.05, 4.69) is 13.8 Å². The van der Waals surface area contributed by atoms with Crippen molar-refractivity contribution in [3.05, 3.63) is 41.3 Å². The molecule has 1 aromatic carbocycles. The first-order valence-electron chi connectivity index (χ1n) is 6.31. The Labute approximate surface area is 108 Å². The van der Waals surface area contributed by atoms with E-state index in [0.717, 1.165) is 11.3 Å². The lowest BCUT2D eigenvalue weighted by atomic mass is 9.94. The molecule has 98 valence electrons. The fraction of sp³-hybridized carbons (Fsp3) is 0.467. The van der Waals surface area contributed by atoms with Gasteiger partial charge in [0, 0.05) is 11.5 Å². The average Bonchev–Trinajstić information content (AvgIpc) is 2.68. The van der Waals surface area contributed by atoms with E-state index < -0.39 is 0 Å². The molecule has 0 aromatic heterocycles. The molecule has 0 radical (unpaired) electrons. The Bertz CT molecular complexity index is 434. The molecule has 2 rings (SSSR count). The quantitative estimate of drug-likeness (QED) is 0.813. The van der Waals surface area contributed by atoms with Crippen molar-refractivity contribution in [1.29, 1.82) is 0 Å². The smallest absolute Gasteiger partial charge is 0.279 e. The Kier molecular flexibility index (Phi) is 3.80. The zero-order chi connectivity index (χ0) is 13.1. The molecule has 0 saturated carbocycles. The maximum atomic E-state index is 5.90. The van der Waals surface area contributed by atoms with Crippen LogP contribution in [0.15, 0.2) is 35.8 Å². The van der Waals surface area contributed by atoms with Crippen LogP contribution < -0.4 is 4.74 Å². The van der Waals surface area contributed by atoms with Gasteiger partial charge in [-0.2, -0.15) is 0 Å². The molecule has 0 bridgehead atoms. The van der Waals surface area contributed by atoms with Crippen molar-refractivity contribution in [2.24, 2.45) is 5.92 Å². The molecule has 0 spiro atoms. The van der Waals surface area contributed by atoms with Crippen LogP contribution in [0.4, 0.5) is 0 Å². The van der Waals surface area contributed by atoms with Crippen LogP contribution in [0.3, 0.4) is 0 Å². The highest BCUT2D eigenvalue weighted by atomic mass is 16.7. The van der Waals surface area contributed by atoms with Gasteiger partial charge in [0.2, 0.25) is 0 Å². The lowest BCUT2D eigenvalue weighted by molar-refractivity contribution is 0.00737. The van der Waals surface area contributed by atoms with Crippen molar-refractivity contribution in [1.82, 2.24) is 0 Å². The summed E-state index contributed by atoms with van der Waals surface area (Å²) in [6.07, 6.45) is 0.0393. The summed E-state index contributed by atoms with van der Waals surface area (Å²) in [6.45, 7) is 6.83. The summed E-state index contributed by atoms with van der Waals surface area (Å²) >= 11 is 0. The molecule has 0 fully saturated rings. The molecule has 1 aliphatic heterocycles. The molecule has 1 aromatic rings. The fourth-order valence-electron chi connectivity index (χ4n) is 2.15. The molecule has 1 heterocycles. The fourth-order valence-corrected chi connectivity index (χ4v) is 2.15. The number of ether oxygens (including phenoxy) is 3. The lowest BCUT2D eigenvalue weighted by Crippen LogP contribution is -2.06. The Morgan fingerprint density at radius 3 is 2.44 bits per heavy atom. The van der Waals surface area contributed by atoms with Gasteiger partial charge in [-0.1, -0.05) is 19.1 Å². The van der Waals surface area contributed by atoms with Gasteiger partial charge >= 0.3 is 0 Å². The van der Waals surface area contributed by atoms with E-state index in [4.69, 9.17) is 14.2 Å². The van der Waals surface area contributed by atoms with Gasteiger partial charge in [-0.3, -0.25) is 0 Å². The van der Waals surface area contributed by atoms with Crippen molar-refractivity contribution in [3.8, 4) is 5.75 Å². The Balaban J connectivity index is 2.16. The summed E-state index contributed by atoms with van der Waals surface area (Å²) in [7, 11) is 1.67. The van der Waals surface area contributed by atoms with Crippen LogP contribution in [-0.4, -0.2) is 13.7 Å². The number of rotatable bonds is 4. The third kappa shape index (κ3) is 2.30. The molecular weight excluding hydrogens is 228 g/mol.